The van der Waals surface area contributed by atoms with Gasteiger partial charge < -0.3 is 11.1 Å². The van der Waals surface area contributed by atoms with E-state index in [4.69, 9.17) is 5.73 Å². The minimum absolute atomic E-state index is 0.365. The first-order chi connectivity index (χ1) is 10.7. The second-order valence-electron chi connectivity index (χ2n) is 5.11. The Balaban J connectivity index is 2.34. The highest BCUT2D eigenvalue weighted by atomic mass is 15.4. The average molecular weight is 297 g/mol. The molecule has 1 unspecified atom stereocenters. The van der Waals surface area contributed by atoms with Crippen LogP contribution in [0, 0.1) is 0 Å². The number of allylic oxidation sites excluding steroid dienone is 1. The molecule has 0 spiro atoms. The largest absolute Gasteiger partial charge is 0.370 e. The van der Waals surface area contributed by atoms with Crippen LogP contribution in [0.15, 0.2) is 65.6 Å². The zero-order valence-electron chi connectivity index (χ0n) is 12.8. The third-order valence-electron chi connectivity index (χ3n) is 3.45. The quantitative estimate of drug-likeness (QED) is 0.534. The lowest BCUT2D eigenvalue weighted by atomic mass is 9.94. The van der Waals surface area contributed by atoms with Gasteiger partial charge in [0, 0.05) is 6.54 Å². The van der Waals surface area contributed by atoms with E-state index in [0.717, 1.165) is 24.8 Å². The van der Waals surface area contributed by atoms with E-state index in [1.165, 1.54) is 0 Å². The number of guanidine groups is 2. The third-order valence-corrected chi connectivity index (χ3v) is 3.45. The maximum atomic E-state index is 5.99. The summed E-state index contributed by atoms with van der Waals surface area (Å²) in [6.45, 7) is 8.16. The molecule has 1 aromatic carbocycles. The molecule has 116 valence electrons. The van der Waals surface area contributed by atoms with E-state index in [2.05, 4.69) is 33.8 Å². The van der Waals surface area contributed by atoms with Crippen molar-refractivity contribution in [2.24, 2.45) is 15.7 Å². The maximum Gasteiger partial charge on any atom is 0.200 e. The predicted molar refractivity (Wildman–Crippen MR) is 92.6 cm³/mol. The summed E-state index contributed by atoms with van der Waals surface area (Å²) in [5, 5.41) is 6.38. The molecule has 0 saturated carbocycles. The molecule has 1 atom stereocenters. The van der Waals surface area contributed by atoms with Crippen molar-refractivity contribution >= 4 is 11.9 Å². The van der Waals surface area contributed by atoms with Crippen molar-refractivity contribution in [1.82, 2.24) is 10.6 Å². The Hall–Kier alpha value is -2.56. The van der Waals surface area contributed by atoms with Gasteiger partial charge in [0.25, 0.3) is 0 Å². The molecule has 22 heavy (non-hydrogen) atoms. The normalized spacial score (nSPS) is 22.4. The number of rotatable bonds is 7. The molecular weight excluding hydrogens is 274 g/mol. The fourth-order valence-corrected chi connectivity index (χ4v) is 2.38. The van der Waals surface area contributed by atoms with E-state index in [0.29, 0.717) is 18.5 Å². The van der Waals surface area contributed by atoms with E-state index in [1.54, 1.807) is 0 Å². The van der Waals surface area contributed by atoms with Gasteiger partial charge in [0.1, 0.15) is 0 Å². The number of aliphatic imine (C=N–C) groups is 2. The van der Waals surface area contributed by atoms with Crippen LogP contribution in [0.4, 0.5) is 0 Å². The standard InChI is InChI=1S/C17H23N5/c1-3-5-12-17(14-10-8-7-9-11-14)21-15(18)20-16(22-17)19-13-6-4-2/h3-4,7-11H,1-2,5-6,12-13H2,(H4,18,19,20,21,22). The number of nitrogens with zero attached hydrogens (tertiary/aromatic N) is 2. The first-order valence-electron chi connectivity index (χ1n) is 7.42. The van der Waals surface area contributed by atoms with Gasteiger partial charge in [-0.05, 0) is 24.8 Å². The van der Waals surface area contributed by atoms with Gasteiger partial charge in [-0.15, -0.1) is 13.2 Å². The van der Waals surface area contributed by atoms with Crippen LogP contribution < -0.4 is 16.4 Å². The monoisotopic (exact) mass is 297 g/mol. The van der Waals surface area contributed by atoms with E-state index in [1.807, 2.05) is 42.5 Å². The van der Waals surface area contributed by atoms with Crippen LogP contribution in [0.5, 0.6) is 0 Å². The minimum Gasteiger partial charge on any atom is -0.370 e. The molecule has 1 aliphatic rings. The summed E-state index contributed by atoms with van der Waals surface area (Å²) in [6.07, 6.45) is 6.11. The molecule has 0 saturated heterocycles. The first-order valence-corrected chi connectivity index (χ1v) is 7.42. The molecule has 0 amide bonds. The van der Waals surface area contributed by atoms with E-state index < -0.39 is 5.66 Å². The summed E-state index contributed by atoms with van der Waals surface area (Å²) in [4.78, 5) is 9.11. The summed E-state index contributed by atoms with van der Waals surface area (Å²) in [5.74, 6) is 1.01. The van der Waals surface area contributed by atoms with Crippen molar-refractivity contribution in [3.8, 4) is 0 Å². The van der Waals surface area contributed by atoms with Crippen LogP contribution >= 0.6 is 0 Å². The van der Waals surface area contributed by atoms with Gasteiger partial charge in [-0.2, -0.15) is 0 Å². The zero-order valence-corrected chi connectivity index (χ0v) is 12.8. The molecule has 1 heterocycles. The van der Waals surface area contributed by atoms with E-state index >= 15 is 0 Å². The Morgan fingerprint density at radius 1 is 1.18 bits per heavy atom. The first kappa shape index (κ1) is 15.8. The van der Waals surface area contributed by atoms with Crippen molar-refractivity contribution in [2.75, 3.05) is 6.54 Å². The predicted octanol–water partition coefficient (Wildman–Crippen LogP) is 2.25. The second-order valence-corrected chi connectivity index (χ2v) is 5.11. The number of hydrogen-bond acceptors (Lipinski definition) is 3. The average Bonchev–Trinajstić information content (AvgIpc) is 2.54. The lowest BCUT2D eigenvalue weighted by Crippen LogP contribution is -2.58. The number of hydrogen-bond donors (Lipinski definition) is 3. The van der Waals surface area contributed by atoms with Crippen LogP contribution in [0.25, 0.3) is 0 Å². The zero-order chi connectivity index (χ0) is 15.8. The van der Waals surface area contributed by atoms with Crippen molar-refractivity contribution in [3.05, 3.63) is 61.2 Å². The maximum absolute atomic E-state index is 5.99. The van der Waals surface area contributed by atoms with Crippen LogP contribution in [0.2, 0.25) is 0 Å². The van der Waals surface area contributed by atoms with Crippen molar-refractivity contribution in [2.45, 2.75) is 24.9 Å². The summed E-state index contributed by atoms with van der Waals surface area (Å²) in [5.41, 5.74) is 6.43. The minimum atomic E-state index is -0.613. The Bertz CT molecular complexity index is 576. The number of nitrogens with one attached hydrogen (secondary N) is 2. The van der Waals surface area contributed by atoms with Gasteiger partial charge in [-0.1, -0.05) is 42.5 Å². The molecule has 0 radical (unpaired) electrons. The molecule has 0 bridgehead atoms. The fourth-order valence-electron chi connectivity index (χ4n) is 2.38. The Morgan fingerprint density at radius 2 is 1.91 bits per heavy atom. The van der Waals surface area contributed by atoms with Gasteiger partial charge in [0.05, 0.1) is 0 Å². The molecule has 0 aromatic heterocycles. The Labute approximate surface area is 131 Å². The molecular formula is C17H23N5. The van der Waals surface area contributed by atoms with Gasteiger partial charge in [0.15, 0.2) is 17.6 Å². The number of nitrogens with two attached hydrogens (primary N) is 1. The summed E-state index contributed by atoms with van der Waals surface area (Å²) >= 11 is 0. The molecule has 4 N–H and O–H groups in total. The van der Waals surface area contributed by atoms with Crippen LogP contribution in [-0.2, 0) is 5.66 Å². The molecule has 5 nitrogen and oxygen atoms in total. The topological polar surface area (TPSA) is 74.8 Å². The fraction of sp³-hybridized carbons (Fsp3) is 0.294. The van der Waals surface area contributed by atoms with Crippen LogP contribution in [-0.4, -0.2) is 18.5 Å². The van der Waals surface area contributed by atoms with Crippen molar-refractivity contribution < 1.29 is 0 Å². The van der Waals surface area contributed by atoms with Crippen LogP contribution in [0.1, 0.15) is 24.8 Å². The van der Waals surface area contributed by atoms with E-state index in [-0.39, 0.29) is 0 Å². The molecule has 2 rings (SSSR count). The van der Waals surface area contributed by atoms with Crippen molar-refractivity contribution in [3.63, 3.8) is 0 Å². The second kappa shape index (κ2) is 7.45. The molecule has 0 fully saturated rings. The molecule has 0 aliphatic carbocycles. The Kier molecular flexibility index (Phi) is 5.36. The van der Waals surface area contributed by atoms with Gasteiger partial charge in [0.2, 0.25) is 0 Å². The molecule has 1 aromatic rings. The van der Waals surface area contributed by atoms with Crippen LogP contribution in [0.3, 0.4) is 0 Å². The highest BCUT2D eigenvalue weighted by Gasteiger charge is 2.35. The summed E-state index contributed by atoms with van der Waals surface area (Å²) in [6, 6.07) is 10.1. The smallest absolute Gasteiger partial charge is 0.200 e. The highest BCUT2D eigenvalue weighted by molar-refractivity contribution is 6.00. The molecule has 5 heteroatoms. The number of benzene rings is 1. The van der Waals surface area contributed by atoms with Crippen molar-refractivity contribution in [1.29, 1.82) is 0 Å². The third kappa shape index (κ3) is 3.75. The lowest BCUT2D eigenvalue weighted by molar-refractivity contribution is 0.370. The summed E-state index contributed by atoms with van der Waals surface area (Å²) < 4.78 is 0. The van der Waals surface area contributed by atoms with Gasteiger partial charge in [-0.3, -0.25) is 10.3 Å². The summed E-state index contributed by atoms with van der Waals surface area (Å²) in [7, 11) is 0. The van der Waals surface area contributed by atoms with Gasteiger partial charge in [-0.25, -0.2) is 4.99 Å². The highest BCUT2D eigenvalue weighted by Crippen LogP contribution is 2.29. The SMILES string of the molecule is C=CCCN=C1NC(N)=NC(CCC=C)(c2ccccc2)N1. The molecule has 1 aliphatic heterocycles. The van der Waals surface area contributed by atoms with Gasteiger partial charge >= 0.3 is 0 Å². The Morgan fingerprint density at radius 3 is 2.59 bits per heavy atom. The lowest BCUT2D eigenvalue weighted by Gasteiger charge is -2.36. The van der Waals surface area contributed by atoms with E-state index in [9.17, 15) is 0 Å².